The quantitative estimate of drug-likeness (QED) is 0.636. The molecule has 0 spiro atoms. The van der Waals surface area contributed by atoms with Crippen molar-refractivity contribution >= 4 is 0 Å². The maximum atomic E-state index is 7.57. The van der Waals surface area contributed by atoms with Crippen LogP contribution >= 0.6 is 0 Å². The first kappa shape index (κ1) is 20.9. The number of hydrogen-bond donors (Lipinski definition) is 1. The standard InChI is InChI=1S/C15H20N5.C2H6O.W/c1-12-11-19(2)10-9-15(12,13-7-5-4-6-8-13)14-16-17-18-20(14)3;1-2-3;/h4-8,12H,2,9-11H2,1,3H3;3H,2H2,1H3;/q-1;;. The van der Waals surface area contributed by atoms with E-state index in [0.29, 0.717) is 5.92 Å². The average molecular weight is 500 g/mol. The van der Waals surface area contributed by atoms with Crippen LogP contribution in [0.4, 0.5) is 0 Å². The Hall–Kier alpha value is -1.10. The van der Waals surface area contributed by atoms with Crippen LogP contribution in [0.5, 0.6) is 0 Å². The first-order valence-corrected chi connectivity index (χ1v) is 8.00. The number of nitrogens with zero attached hydrogens (tertiary/aromatic N) is 5. The Labute approximate surface area is 158 Å². The first-order chi connectivity index (χ1) is 11.1. The Morgan fingerprint density at radius 2 is 1.96 bits per heavy atom. The molecule has 0 saturated carbocycles. The van der Waals surface area contributed by atoms with E-state index >= 15 is 0 Å². The molecule has 1 fully saturated rings. The summed E-state index contributed by atoms with van der Waals surface area (Å²) >= 11 is 0. The molecule has 1 saturated heterocycles. The summed E-state index contributed by atoms with van der Waals surface area (Å²) in [6.07, 6.45) is 0.982. The van der Waals surface area contributed by atoms with Gasteiger partial charge in [-0.25, -0.2) is 4.68 Å². The minimum Gasteiger partial charge on any atom is -0.459 e. The molecule has 0 bridgehead atoms. The molecule has 1 aromatic heterocycles. The molecule has 6 nitrogen and oxygen atoms in total. The average Bonchev–Trinajstić information content (AvgIpc) is 2.96. The Kier molecular flexibility index (Phi) is 8.20. The molecular weight excluding hydrogens is 474 g/mol. The van der Waals surface area contributed by atoms with E-state index in [2.05, 4.69) is 58.7 Å². The fourth-order valence-electron chi connectivity index (χ4n) is 3.45. The summed E-state index contributed by atoms with van der Waals surface area (Å²) in [6.45, 7) is 6.09. The molecule has 7 heteroatoms. The number of aryl methyl sites for hydroxylation is 1. The van der Waals surface area contributed by atoms with Crippen molar-refractivity contribution in [2.45, 2.75) is 25.7 Å². The van der Waals surface area contributed by atoms with E-state index in [1.54, 1.807) is 6.92 Å². The van der Waals surface area contributed by atoms with Crippen LogP contribution in [0.15, 0.2) is 30.3 Å². The SMILES string of the molecule is CCO.[CH2-]N1CCC(c2ccccc2)(c2nnnn2C)C(C)C1.[W]. The summed E-state index contributed by atoms with van der Waals surface area (Å²) in [5.41, 5.74) is 1.16. The Morgan fingerprint density at radius 3 is 2.46 bits per heavy atom. The molecule has 2 unspecified atom stereocenters. The van der Waals surface area contributed by atoms with Crippen LogP contribution in [0, 0.1) is 13.0 Å². The van der Waals surface area contributed by atoms with E-state index in [0.717, 1.165) is 25.3 Å². The molecule has 24 heavy (non-hydrogen) atoms. The molecule has 2 heterocycles. The molecular formula is C17H26N5OW-. The van der Waals surface area contributed by atoms with Gasteiger partial charge in [0.05, 0.1) is 5.41 Å². The van der Waals surface area contributed by atoms with Crippen molar-refractivity contribution in [2.24, 2.45) is 13.0 Å². The Bertz CT molecular complexity index is 606. The Morgan fingerprint density at radius 1 is 1.33 bits per heavy atom. The van der Waals surface area contributed by atoms with Gasteiger partial charge in [-0.05, 0) is 48.3 Å². The number of tetrazole rings is 1. The van der Waals surface area contributed by atoms with Crippen LogP contribution in [0.3, 0.4) is 0 Å². The molecule has 1 N–H and O–H groups in total. The van der Waals surface area contributed by atoms with Crippen molar-refractivity contribution in [1.82, 2.24) is 25.1 Å². The molecule has 0 radical (unpaired) electrons. The van der Waals surface area contributed by atoms with Gasteiger partial charge in [0, 0.05) is 34.7 Å². The molecule has 0 aliphatic carbocycles. The van der Waals surface area contributed by atoms with Crippen molar-refractivity contribution in [1.29, 1.82) is 0 Å². The van der Waals surface area contributed by atoms with Gasteiger partial charge in [-0.3, -0.25) is 7.05 Å². The summed E-state index contributed by atoms with van der Waals surface area (Å²) in [6, 6.07) is 10.6. The third kappa shape index (κ3) is 4.10. The van der Waals surface area contributed by atoms with Crippen LogP contribution < -0.4 is 0 Å². The molecule has 132 valence electrons. The number of aliphatic hydroxyl groups excluding tert-OH is 1. The first-order valence-electron chi connectivity index (χ1n) is 8.00. The van der Waals surface area contributed by atoms with Gasteiger partial charge in [0.25, 0.3) is 0 Å². The normalized spacial score (nSPS) is 23.8. The van der Waals surface area contributed by atoms with Crippen molar-refractivity contribution in [2.75, 3.05) is 19.7 Å². The fraction of sp³-hybridized carbons (Fsp3) is 0.529. The predicted molar refractivity (Wildman–Crippen MR) is 89.5 cm³/mol. The molecule has 1 aromatic carbocycles. The second-order valence-corrected chi connectivity index (χ2v) is 6.01. The second-order valence-electron chi connectivity index (χ2n) is 6.01. The number of aromatic nitrogens is 4. The van der Waals surface area contributed by atoms with Gasteiger partial charge in [0.15, 0.2) is 5.82 Å². The number of hydrogen-bond acceptors (Lipinski definition) is 5. The van der Waals surface area contributed by atoms with E-state index in [-0.39, 0.29) is 33.1 Å². The minimum absolute atomic E-state index is 0. The van der Waals surface area contributed by atoms with E-state index in [9.17, 15) is 0 Å². The second kappa shape index (κ2) is 9.40. The molecule has 2 atom stereocenters. The zero-order chi connectivity index (χ0) is 16.9. The van der Waals surface area contributed by atoms with E-state index in [1.807, 2.05) is 17.8 Å². The topological polar surface area (TPSA) is 67.1 Å². The van der Waals surface area contributed by atoms with Crippen molar-refractivity contribution in [3.8, 4) is 0 Å². The van der Waals surface area contributed by atoms with Gasteiger partial charge in [0.2, 0.25) is 0 Å². The predicted octanol–water partition coefficient (Wildman–Crippen LogP) is 1.63. The molecule has 3 rings (SSSR count). The summed E-state index contributed by atoms with van der Waals surface area (Å²) < 4.78 is 1.81. The van der Waals surface area contributed by atoms with E-state index in [1.165, 1.54) is 5.56 Å². The third-order valence-corrected chi connectivity index (χ3v) is 4.50. The minimum atomic E-state index is -0.131. The van der Waals surface area contributed by atoms with Crippen LogP contribution in [-0.4, -0.2) is 49.9 Å². The summed E-state index contributed by atoms with van der Waals surface area (Å²) in [5, 5.41) is 19.8. The zero-order valence-electron chi connectivity index (χ0n) is 14.6. The number of likely N-dealkylation sites (tertiary alicyclic amines) is 1. The van der Waals surface area contributed by atoms with Gasteiger partial charge in [-0.15, -0.1) is 5.10 Å². The van der Waals surface area contributed by atoms with Gasteiger partial charge >= 0.3 is 0 Å². The fourth-order valence-corrected chi connectivity index (χ4v) is 3.45. The van der Waals surface area contributed by atoms with Gasteiger partial charge in [-0.2, -0.15) is 0 Å². The summed E-state index contributed by atoms with van der Waals surface area (Å²) in [7, 11) is 6.01. The Balaban J connectivity index is 0.000000671. The zero-order valence-corrected chi connectivity index (χ0v) is 17.5. The number of benzene rings is 1. The summed E-state index contributed by atoms with van der Waals surface area (Å²) in [5.74, 6) is 1.35. The largest absolute Gasteiger partial charge is 0.459 e. The molecule has 2 aromatic rings. The number of piperidine rings is 1. The third-order valence-electron chi connectivity index (χ3n) is 4.50. The van der Waals surface area contributed by atoms with E-state index in [4.69, 9.17) is 5.11 Å². The maximum absolute atomic E-state index is 7.57. The van der Waals surface area contributed by atoms with Crippen molar-refractivity contribution in [3.05, 3.63) is 48.8 Å². The molecule has 1 aliphatic heterocycles. The maximum Gasteiger partial charge on any atom is 0.161 e. The monoisotopic (exact) mass is 500 g/mol. The van der Waals surface area contributed by atoms with Crippen LogP contribution in [0.1, 0.15) is 31.7 Å². The molecule has 0 amide bonds. The van der Waals surface area contributed by atoms with Gasteiger partial charge < -0.3 is 10.0 Å². The number of aliphatic hydroxyl groups is 1. The van der Waals surface area contributed by atoms with Crippen LogP contribution in [0.25, 0.3) is 0 Å². The van der Waals surface area contributed by atoms with Gasteiger partial charge in [0.1, 0.15) is 0 Å². The molecule has 1 aliphatic rings. The summed E-state index contributed by atoms with van der Waals surface area (Å²) in [4.78, 5) is 2.13. The number of rotatable bonds is 2. The van der Waals surface area contributed by atoms with E-state index < -0.39 is 0 Å². The smallest absolute Gasteiger partial charge is 0.161 e. The van der Waals surface area contributed by atoms with Crippen LogP contribution in [-0.2, 0) is 33.5 Å². The van der Waals surface area contributed by atoms with Crippen LogP contribution in [0.2, 0.25) is 0 Å². The van der Waals surface area contributed by atoms with Crippen molar-refractivity contribution < 1.29 is 26.2 Å². The van der Waals surface area contributed by atoms with Gasteiger partial charge in [-0.1, -0.05) is 37.3 Å². The van der Waals surface area contributed by atoms with Crippen molar-refractivity contribution in [3.63, 3.8) is 0 Å².